The molecule has 0 aliphatic heterocycles. The number of nitrogens with two attached hydrogens (primary N) is 1. The molecule has 1 aromatic carbocycles. The highest BCUT2D eigenvalue weighted by Gasteiger charge is 2.19. The fraction of sp³-hybridized carbons (Fsp3) is 0.231. The lowest BCUT2D eigenvalue weighted by Crippen LogP contribution is -2.39. The lowest BCUT2D eigenvalue weighted by Gasteiger charge is -2.06. The average molecular weight is 357 g/mol. The van der Waals surface area contributed by atoms with E-state index in [4.69, 9.17) is 26.5 Å². The van der Waals surface area contributed by atoms with Gasteiger partial charge in [0.05, 0.1) is 10.3 Å². The highest BCUT2D eigenvalue weighted by molar-refractivity contribution is 8.00. The monoisotopic (exact) mass is 356 g/mol. The summed E-state index contributed by atoms with van der Waals surface area (Å²) in [5, 5.41) is 9.59. The van der Waals surface area contributed by atoms with Gasteiger partial charge in [0.2, 0.25) is 5.91 Å². The van der Waals surface area contributed by atoms with Gasteiger partial charge >= 0.3 is 6.03 Å². The molecular weight excluding hydrogens is 344 g/mol. The number of urea groups is 1. The maximum absolute atomic E-state index is 11.6. The van der Waals surface area contributed by atoms with Crippen LogP contribution in [0.4, 0.5) is 4.79 Å². The van der Waals surface area contributed by atoms with Crippen LogP contribution < -0.4 is 15.8 Å². The molecule has 1 heterocycles. The van der Waals surface area contributed by atoms with E-state index >= 15 is 0 Å². The summed E-state index contributed by atoms with van der Waals surface area (Å²) in [6.45, 7) is 1.62. The summed E-state index contributed by atoms with van der Waals surface area (Å²) in [6, 6.07) is 6.07. The van der Waals surface area contributed by atoms with Gasteiger partial charge in [0.15, 0.2) is 6.61 Å². The molecule has 8 nitrogen and oxygen atoms in total. The molecule has 2 rings (SSSR count). The number of hydrogen-bond acceptors (Lipinski definition) is 7. The Labute approximate surface area is 140 Å². The van der Waals surface area contributed by atoms with Gasteiger partial charge in [-0.15, -0.1) is 10.2 Å². The maximum Gasteiger partial charge on any atom is 0.318 e. The Morgan fingerprint density at radius 3 is 2.87 bits per heavy atom. The first kappa shape index (κ1) is 17.1. The summed E-state index contributed by atoms with van der Waals surface area (Å²) in [6.07, 6.45) is 0. The highest BCUT2D eigenvalue weighted by atomic mass is 35.5. The number of aromatic nitrogens is 2. The van der Waals surface area contributed by atoms with Crippen LogP contribution in [0.5, 0.6) is 5.75 Å². The van der Waals surface area contributed by atoms with Crippen LogP contribution in [0.2, 0.25) is 5.02 Å². The zero-order chi connectivity index (χ0) is 16.8. The molecule has 0 saturated heterocycles. The average Bonchev–Trinajstić information content (AvgIpc) is 2.93. The second-order valence-corrected chi connectivity index (χ2v) is 5.99. The predicted molar refractivity (Wildman–Crippen MR) is 83.1 cm³/mol. The minimum absolute atomic E-state index is 0.0408. The lowest BCUT2D eigenvalue weighted by atomic mass is 10.3. The van der Waals surface area contributed by atoms with Gasteiger partial charge in [0, 0.05) is 0 Å². The van der Waals surface area contributed by atoms with Crippen molar-refractivity contribution in [2.75, 3.05) is 0 Å². The van der Waals surface area contributed by atoms with E-state index in [1.54, 1.807) is 31.2 Å². The second-order valence-electron chi connectivity index (χ2n) is 4.29. The van der Waals surface area contributed by atoms with E-state index < -0.39 is 17.2 Å². The number of nitrogens with zero attached hydrogens (tertiary/aromatic N) is 2. The van der Waals surface area contributed by atoms with Gasteiger partial charge in [0.1, 0.15) is 5.75 Å². The summed E-state index contributed by atoms with van der Waals surface area (Å²) < 4.78 is 10.8. The van der Waals surface area contributed by atoms with Crippen molar-refractivity contribution in [2.45, 2.75) is 24.0 Å². The van der Waals surface area contributed by atoms with Crippen molar-refractivity contribution in [1.29, 1.82) is 0 Å². The standard InChI is InChI=1S/C13H13ClN4O4S/c1-7(11(19)16-12(15)20)23-13-18-17-10(22-13)6-21-9-5-3-2-4-8(9)14/h2-5,7H,6H2,1H3,(H3,15,16,19,20)/t7-/m0/s1. The molecule has 23 heavy (non-hydrogen) atoms. The zero-order valence-electron chi connectivity index (χ0n) is 12.0. The molecule has 0 radical (unpaired) electrons. The molecule has 3 amide bonds. The van der Waals surface area contributed by atoms with Gasteiger partial charge < -0.3 is 14.9 Å². The van der Waals surface area contributed by atoms with Crippen LogP contribution in [-0.4, -0.2) is 27.4 Å². The van der Waals surface area contributed by atoms with Crippen LogP contribution in [0.3, 0.4) is 0 Å². The first-order chi connectivity index (χ1) is 11.0. The molecule has 0 aliphatic carbocycles. The molecule has 2 aromatic rings. The Kier molecular flexibility index (Phi) is 5.83. The normalized spacial score (nSPS) is 11.7. The molecule has 0 bridgehead atoms. The number of ether oxygens (including phenoxy) is 1. The molecule has 0 spiro atoms. The molecule has 1 atom stereocenters. The van der Waals surface area contributed by atoms with Gasteiger partial charge in [-0.1, -0.05) is 35.5 Å². The summed E-state index contributed by atoms with van der Waals surface area (Å²) in [7, 11) is 0. The number of carbonyl (C=O) groups excluding carboxylic acids is 2. The SMILES string of the molecule is C[C@H](Sc1nnc(COc2ccccc2Cl)o1)C(=O)NC(N)=O. The van der Waals surface area contributed by atoms with Crippen LogP contribution in [0.1, 0.15) is 12.8 Å². The number of amides is 3. The van der Waals surface area contributed by atoms with E-state index in [1.165, 1.54) is 0 Å². The second kappa shape index (κ2) is 7.84. The fourth-order valence-electron chi connectivity index (χ4n) is 1.47. The summed E-state index contributed by atoms with van der Waals surface area (Å²) in [4.78, 5) is 22.2. The molecular formula is C13H13ClN4O4S. The summed E-state index contributed by atoms with van der Waals surface area (Å²) >= 11 is 6.96. The van der Waals surface area contributed by atoms with Gasteiger partial charge in [0.25, 0.3) is 11.1 Å². The number of rotatable bonds is 6. The maximum atomic E-state index is 11.6. The molecule has 3 N–H and O–H groups in total. The minimum atomic E-state index is -0.915. The molecule has 0 saturated carbocycles. The van der Waals surface area contributed by atoms with Crippen LogP contribution in [0.25, 0.3) is 0 Å². The number of halogens is 1. The molecule has 10 heteroatoms. The van der Waals surface area contributed by atoms with E-state index in [2.05, 4.69) is 10.2 Å². The molecule has 122 valence electrons. The number of nitrogens with one attached hydrogen (secondary N) is 1. The van der Waals surface area contributed by atoms with Crippen molar-refractivity contribution in [3.8, 4) is 5.75 Å². The Hall–Kier alpha value is -2.26. The molecule has 0 aliphatic rings. The largest absolute Gasteiger partial charge is 0.482 e. The van der Waals surface area contributed by atoms with Crippen molar-refractivity contribution in [3.63, 3.8) is 0 Å². The van der Waals surface area contributed by atoms with Gasteiger partial charge in [-0.3, -0.25) is 10.1 Å². The van der Waals surface area contributed by atoms with Crippen molar-refractivity contribution in [1.82, 2.24) is 15.5 Å². The number of thioether (sulfide) groups is 1. The number of imide groups is 1. The summed E-state index contributed by atoms with van der Waals surface area (Å²) in [5.74, 6) is 0.181. The Balaban J connectivity index is 1.89. The van der Waals surface area contributed by atoms with Gasteiger partial charge in [-0.2, -0.15) is 0 Å². The van der Waals surface area contributed by atoms with Gasteiger partial charge in [-0.25, -0.2) is 4.79 Å². The molecule has 0 unspecified atom stereocenters. The van der Waals surface area contributed by atoms with Crippen LogP contribution in [0.15, 0.2) is 33.9 Å². The number of carbonyl (C=O) groups is 2. The lowest BCUT2D eigenvalue weighted by molar-refractivity contribution is -0.119. The summed E-state index contributed by atoms with van der Waals surface area (Å²) in [5.41, 5.74) is 4.88. The quantitative estimate of drug-likeness (QED) is 0.759. The Bertz CT molecular complexity index is 709. The van der Waals surface area contributed by atoms with E-state index in [1.807, 2.05) is 5.32 Å². The molecule has 0 fully saturated rings. The van der Waals surface area contributed by atoms with E-state index in [0.29, 0.717) is 10.8 Å². The zero-order valence-corrected chi connectivity index (χ0v) is 13.6. The Morgan fingerprint density at radius 1 is 1.43 bits per heavy atom. The highest BCUT2D eigenvalue weighted by Crippen LogP contribution is 2.25. The van der Waals surface area contributed by atoms with Crippen molar-refractivity contribution in [2.24, 2.45) is 5.73 Å². The Morgan fingerprint density at radius 2 is 2.17 bits per heavy atom. The smallest absolute Gasteiger partial charge is 0.318 e. The number of benzene rings is 1. The van der Waals surface area contributed by atoms with Crippen molar-refractivity contribution >= 4 is 35.3 Å². The van der Waals surface area contributed by atoms with Crippen LogP contribution in [0, 0.1) is 0 Å². The number of hydrogen-bond donors (Lipinski definition) is 2. The van der Waals surface area contributed by atoms with E-state index in [-0.39, 0.29) is 17.7 Å². The van der Waals surface area contributed by atoms with Crippen LogP contribution >= 0.6 is 23.4 Å². The third kappa shape index (κ3) is 5.15. The van der Waals surface area contributed by atoms with Gasteiger partial charge in [-0.05, 0) is 19.1 Å². The topological polar surface area (TPSA) is 120 Å². The van der Waals surface area contributed by atoms with Crippen molar-refractivity contribution < 1.29 is 18.7 Å². The number of primary amides is 1. The minimum Gasteiger partial charge on any atom is -0.482 e. The third-order valence-electron chi connectivity index (χ3n) is 2.53. The predicted octanol–water partition coefficient (Wildman–Crippen LogP) is 1.98. The van der Waals surface area contributed by atoms with E-state index in [9.17, 15) is 9.59 Å². The van der Waals surface area contributed by atoms with Crippen LogP contribution in [-0.2, 0) is 11.4 Å². The van der Waals surface area contributed by atoms with Crippen molar-refractivity contribution in [3.05, 3.63) is 35.2 Å². The first-order valence-corrected chi connectivity index (χ1v) is 7.68. The number of para-hydroxylation sites is 1. The van der Waals surface area contributed by atoms with E-state index in [0.717, 1.165) is 11.8 Å². The molecule has 1 aromatic heterocycles. The fourth-order valence-corrected chi connectivity index (χ4v) is 2.36. The first-order valence-electron chi connectivity index (χ1n) is 6.42. The third-order valence-corrected chi connectivity index (χ3v) is 3.78.